The van der Waals surface area contributed by atoms with E-state index in [9.17, 15) is 4.79 Å². The van der Waals surface area contributed by atoms with Crippen molar-refractivity contribution in [2.45, 2.75) is 26.2 Å². The molecule has 2 saturated carbocycles. The van der Waals surface area contributed by atoms with Crippen molar-refractivity contribution < 1.29 is 4.79 Å². The first-order valence-electron chi connectivity index (χ1n) is 5.94. The summed E-state index contributed by atoms with van der Waals surface area (Å²) < 4.78 is 0. The SMILES string of the molecule is Cc1cc(Cl)nc(NC(=O)C2CC3CC3C2)n1. The molecule has 5 heteroatoms. The number of anilines is 1. The molecular formula is C12H14ClN3O. The van der Waals surface area contributed by atoms with Crippen LogP contribution in [0, 0.1) is 24.7 Å². The zero-order valence-electron chi connectivity index (χ0n) is 9.61. The Hall–Kier alpha value is -1.16. The average Bonchev–Trinajstić information content (AvgIpc) is 2.84. The second-order valence-corrected chi connectivity index (χ2v) is 5.46. The summed E-state index contributed by atoms with van der Waals surface area (Å²) in [6, 6.07) is 1.67. The number of carbonyl (C=O) groups excluding carboxylic acids is 1. The maximum atomic E-state index is 12.0. The first kappa shape index (κ1) is 11.0. The Kier molecular flexibility index (Phi) is 2.54. The monoisotopic (exact) mass is 251 g/mol. The number of carbonyl (C=O) groups is 1. The molecule has 2 aliphatic rings. The quantitative estimate of drug-likeness (QED) is 0.822. The molecule has 1 aromatic heterocycles. The predicted octanol–water partition coefficient (Wildman–Crippen LogP) is 2.42. The van der Waals surface area contributed by atoms with Crippen molar-refractivity contribution >= 4 is 23.5 Å². The zero-order valence-corrected chi connectivity index (χ0v) is 10.4. The highest BCUT2D eigenvalue weighted by Gasteiger charge is 2.48. The number of halogens is 1. The van der Waals surface area contributed by atoms with E-state index >= 15 is 0 Å². The molecule has 1 aromatic rings. The van der Waals surface area contributed by atoms with Crippen LogP contribution in [0.4, 0.5) is 5.95 Å². The van der Waals surface area contributed by atoms with Crippen molar-refractivity contribution in [3.63, 3.8) is 0 Å². The molecule has 2 unspecified atom stereocenters. The Bertz CT molecular complexity index is 447. The average molecular weight is 252 g/mol. The Morgan fingerprint density at radius 3 is 2.71 bits per heavy atom. The molecule has 3 rings (SSSR count). The highest BCUT2D eigenvalue weighted by atomic mass is 35.5. The maximum absolute atomic E-state index is 12.0. The summed E-state index contributed by atoms with van der Waals surface area (Å²) in [6.07, 6.45) is 3.36. The number of hydrogen-bond acceptors (Lipinski definition) is 3. The summed E-state index contributed by atoms with van der Waals surface area (Å²) in [5.74, 6) is 2.10. The van der Waals surface area contributed by atoms with Crippen LogP contribution in [0.15, 0.2) is 6.07 Å². The Morgan fingerprint density at radius 2 is 2.06 bits per heavy atom. The van der Waals surface area contributed by atoms with Crippen molar-refractivity contribution in [3.05, 3.63) is 16.9 Å². The van der Waals surface area contributed by atoms with Crippen molar-refractivity contribution in [2.75, 3.05) is 5.32 Å². The number of amides is 1. The van der Waals surface area contributed by atoms with Crippen LogP contribution in [0.2, 0.25) is 5.15 Å². The Labute approximate surface area is 105 Å². The van der Waals surface area contributed by atoms with Gasteiger partial charge >= 0.3 is 0 Å². The van der Waals surface area contributed by atoms with Crippen LogP contribution in [0.1, 0.15) is 25.0 Å². The molecule has 0 aromatic carbocycles. The van der Waals surface area contributed by atoms with E-state index in [0.29, 0.717) is 11.1 Å². The highest BCUT2D eigenvalue weighted by Crippen LogP contribution is 2.54. The summed E-state index contributed by atoms with van der Waals surface area (Å²) in [5, 5.41) is 3.12. The van der Waals surface area contributed by atoms with Crippen LogP contribution in [0.3, 0.4) is 0 Å². The van der Waals surface area contributed by atoms with Gasteiger partial charge in [-0.1, -0.05) is 11.6 Å². The fourth-order valence-corrected chi connectivity index (χ4v) is 2.97. The third kappa shape index (κ3) is 2.27. The summed E-state index contributed by atoms with van der Waals surface area (Å²) in [5.41, 5.74) is 0.759. The molecule has 1 amide bonds. The van der Waals surface area contributed by atoms with E-state index < -0.39 is 0 Å². The van der Waals surface area contributed by atoms with Gasteiger partial charge in [0.15, 0.2) is 0 Å². The molecule has 2 aliphatic carbocycles. The number of fused-ring (bicyclic) bond motifs is 1. The lowest BCUT2D eigenvalue weighted by Crippen LogP contribution is -2.23. The third-order valence-electron chi connectivity index (χ3n) is 3.67. The van der Waals surface area contributed by atoms with E-state index in [0.717, 1.165) is 30.4 Å². The van der Waals surface area contributed by atoms with E-state index in [1.54, 1.807) is 6.07 Å². The third-order valence-corrected chi connectivity index (χ3v) is 3.87. The smallest absolute Gasteiger partial charge is 0.231 e. The van der Waals surface area contributed by atoms with E-state index in [-0.39, 0.29) is 11.8 Å². The zero-order chi connectivity index (χ0) is 12.0. The molecular weight excluding hydrogens is 238 g/mol. The predicted molar refractivity (Wildman–Crippen MR) is 64.7 cm³/mol. The topological polar surface area (TPSA) is 54.9 Å². The molecule has 0 radical (unpaired) electrons. The van der Waals surface area contributed by atoms with Gasteiger partial charge in [0.25, 0.3) is 0 Å². The molecule has 90 valence electrons. The van der Waals surface area contributed by atoms with Crippen LogP contribution >= 0.6 is 11.6 Å². The first-order chi connectivity index (χ1) is 8.11. The van der Waals surface area contributed by atoms with Crippen molar-refractivity contribution in [1.82, 2.24) is 9.97 Å². The van der Waals surface area contributed by atoms with Gasteiger partial charge in [-0.15, -0.1) is 0 Å². The fourth-order valence-electron chi connectivity index (χ4n) is 2.73. The Morgan fingerprint density at radius 1 is 1.35 bits per heavy atom. The lowest BCUT2D eigenvalue weighted by atomic mass is 10.0. The molecule has 4 nitrogen and oxygen atoms in total. The minimum atomic E-state index is 0.0406. The number of aromatic nitrogens is 2. The van der Waals surface area contributed by atoms with Crippen molar-refractivity contribution in [2.24, 2.45) is 17.8 Å². The summed E-state index contributed by atoms with van der Waals surface area (Å²) in [7, 11) is 0. The lowest BCUT2D eigenvalue weighted by molar-refractivity contribution is -0.120. The van der Waals surface area contributed by atoms with E-state index in [4.69, 9.17) is 11.6 Å². The van der Waals surface area contributed by atoms with Gasteiger partial charge in [0.1, 0.15) is 5.15 Å². The first-order valence-corrected chi connectivity index (χ1v) is 6.31. The van der Waals surface area contributed by atoms with Gasteiger partial charge in [-0.2, -0.15) is 0 Å². The van der Waals surface area contributed by atoms with Gasteiger partial charge in [0.2, 0.25) is 11.9 Å². The highest BCUT2D eigenvalue weighted by molar-refractivity contribution is 6.29. The van der Waals surface area contributed by atoms with Gasteiger partial charge in [0, 0.05) is 11.6 Å². The molecule has 2 fully saturated rings. The standard InChI is InChI=1S/C12H14ClN3O/c1-6-2-10(13)15-12(14-6)16-11(17)9-4-7-3-8(7)5-9/h2,7-9H,3-5H2,1H3,(H,14,15,16,17). The van der Waals surface area contributed by atoms with Gasteiger partial charge < -0.3 is 0 Å². The minimum Gasteiger partial charge on any atom is -0.294 e. The van der Waals surface area contributed by atoms with Crippen molar-refractivity contribution in [3.8, 4) is 0 Å². The molecule has 0 spiro atoms. The number of rotatable bonds is 2. The molecule has 0 aliphatic heterocycles. The van der Waals surface area contributed by atoms with Crippen LogP contribution in [0.25, 0.3) is 0 Å². The molecule has 17 heavy (non-hydrogen) atoms. The minimum absolute atomic E-state index is 0.0406. The van der Waals surface area contributed by atoms with Crippen LogP contribution in [-0.2, 0) is 4.79 Å². The summed E-state index contributed by atoms with van der Waals surface area (Å²) in [4.78, 5) is 20.1. The molecule has 2 atom stereocenters. The van der Waals surface area contributed by atoms with Gasteiger partial charge in [-0.25, -0.2) is 9.97 Å². The normalized spacial score (nSPS) is 29.9. The summed E-state index contributed by atoms with van der Waals surface area (Å²) in [6.45, 7) is 1.83. The van der Waals surface area contributed by atoms with Crippen LogP contribution in [0.5, 0.6) is 0 Å². The lowest BCUT2D eigenvalue weighted by Gasteiger charge is -2.11. The number of nitrogens with one attached hydrogen (secondary N) is 1. The van der Waals surface area contributed by atoms with Crippen LogP contribution < -0.4 is 5.32 Å². The van der Waals surface area contributed by atoms with Gasteiger partial charge in [-0.3, -0.25) is 10.1 Å². The number of hydrogen-bond donors (Lipinski definition) is 1. The number of nitrogens with zero attached hydrogens (tertiary/aromatic N) is 2. The van der Waals surface area contributed by atoms with Crippen molar-refractivity contribution in [1.29, 1.82) is 0 Å². The van der Waals surface area contributed by atoms with Gasteiger partial charge in [0.05, 0.1) is 0 Å². The van der Waals surface area contributed by atoms with E-state index in [2.05, 4.69) is 15.3 Å². The number of aryl methyl sites for hydroxylation is 1. The van der Waals surface area contributed by atoms with Crippen LogP contribution in [-0.4, -0.2) is 15.9 Å². The molecule has 0 bridgehead atoms. The Balaban J connectivity index is 1.67. The molecule has 1 heterocycles. The maximum Gasteiger partial charge on any atom is 0.231 e. The molecule has 1 N–H and O–H groups in total. The summed E-state index contributed by atoms with van der Waals surface area (Å²) >= 11 is 5.82. The second kappa shape index (κ2) is 3.95. The fraction of sp³-hybridized carbons (Fsp3) is 0.583. The second-order valence-electron chi connectivity index (χ2n) is 5.07. The van der Waals surface area contributed by atoms with E-state index in [1.165, 1.54) is 6.42 Å². The van der Waals surface area contributed by atoms with E-state index in [1.807, 2.05) is 6.92 Å². The molecule has 0 saturated heterocycles. The largest absolute Gasteiger partial charge is 0.294 e. The van der Waals surface area contributed by atoms with Gasteiger partial charge in [-0.05, 0) is 44.1 Å².